The van der Waals surface area contributed by atoms with Gasteiger partial charge in [-0.25, -0.2) is 13.2 Å². The summed E-state index contributed by atoms with van der Waals surface area (Å²) >= 11 is 0. The Labute approximate surface area is 207 Å². The van der Waals surface area contributed by atoms with Crippen LogP contribution in [0.1, 0.15) is 46.2 Å². The predicted molar refractivity (Wildman–Crippen MR) is 138 cm³/mol. The van der Waals surface area contributed by atoms with Crippen LogP contribution < -0.4 is 9.80 Å². The van der Waals surface area contributed by atoms with Crippen molar-refractivity contribution in [3.63, 3.8) is 0 Å². The zero-order valence-electron chi connectivity index (χ0n) is 21.2. The van der Waals surface area contributed by atoms with Gasteiger partial charge in [0.25, 0.3) is 0 Å². The molecule has 3 heterocycles. The van der Waals surface area contributed by atoms with Gasteiger partial charge in [0.2, 0.25) is 5.91 Å². The molecule has 2 aromatic rings. The lowest BCUT2D eigenvalue weighted by molar-refractivity contribution is -0.117. The van der Waals surface area contributed by atoms with E-state index >= 15 is 0 Å². The number of carbonyl (C=O) groups is 2. The molecule has 1 aromatic carbocycles. The number of fused-ring (bicyclic) bond motifs is 1. The van der Waals surface area contributed by atoms with E-state index < -0.39 is 15.9 Å². The summed E-state index contributed by atoms with van der Waals surface area (Å²) < 4.78 is 31.2. The molecule has 2 aliphatic heterocycles. The molecule has 0 unspecified atom stereocenters. The van der Waals surface area contributed by atoms with Crippen LogP contribution in [0, 0.1) is 12.8 Å². The Bertz CT molecular complexity index is 1220. The van der Waals surface area contributed by atoms with Gasteiger partial charge in [0.15, 0.2) is 0 Å². The van der Waals surface area contributed by atoms with Crippen LogP contribution in [0.2, 0.25) is 0 Å². The fourth-order valence-electron chi connectivity index (χ4n) is 5.09. The summed E-state index contributed by atoms with van der Waals surface area (Å²) in [6.07, 6.45) is 2.81. The fourth-order valence-corrected chi connectivity index (χ4v) is 6.68. The molecule has 0 spiro atoms. The van der Waals surface area contributed by atoms with Crippen molar-refractivity contribution in [2.24, 2.45) is 5.92 Å². The highest BCUT2D eigenvalue weighted by Gasteiger charge is 2.35. The van der Waals surface area contributed by atoms with Crippen LogP contribution in [-0.2, 0) is 25.9 Å². The maximum Gasteiger partial charge on any atom is 0.414 e. The van der Waals surface area contributed by atoms with E-state index in [1.165, 1.54) is 6.92 Å². The summed E-state index contributed by atoms with van der Waals surface area (Å²) in [5.74, 6) is 0.805. The second-order valence-electron chi connectivity index (χ2n) is 10.1. The molecule has 190 valence electrons. The number of ether oxygens (including phenoxy) is 1. The SMILES string of the molecule is CC(=O)N1c2ccc(-c3cc(C)n(CC4CCS(=O)(=O)CC4)c3)cc2N(C(=O)OC(C)C)C[C@@H]1C. The smallest absolute Gasteiger partial charge is 0.414 e. The maximum absolute atomic E-state index is 12.9. The van der Waals surface area contributed by atoms with Gasteiger partial charge in [-0.2, -0.15) is 0 Å². The van der Waals surface area contributed by atoms with Crippen molar-refractivity contribution >= 4 is 33.2 Å². The first kappa shape index (κ1) is 25.3. The number of sulfone groups is 1. The van der Waals surface area contributed by atoms with Gasteiger partial charge in [-0.1, -0.05) is 6.07 Å². The Kier molecular flexibility index (Phi) is 6.99. The van der Waals surface area contributed by atoms with Crippen molar-refractivity contribution in [1.29, 1.82) is 0 Å². The van der Waals surface area contributed by atoms with E-state index in [0.717, 1.165) is 23.4 Å². The van der Waals surface area contributed by atoms with Gasteiger partial charge in [0.05, 0.1) is 35.0 Å². The van der Waals surface area contributed by atoms with Crippen molar-refractivity contribution < 1.29 is 22.7 Å². The van der Waals surface area contributed by atoms with Gasteiger partial charge < -0.3 is 14.2 Å². The topological polar surface area (TPSA) is 88.9 Å². The highest BCUT2D eigenvalue weighted by molar-refractivity contribution is 7.91. The largest absolute Gasteiger partial charge is 0.446 e. The van der Waals surface area contributed by atoms with Crippen LogP contribution in [0.25, 0.3) is 11.1 Å². The first-order valence-corrected chi connectivity index (χ1v) is 14.1. The standard InChI is InChI=1S/C26H35N3O5S/c1-17(2)34-26(31)28-14-19(4)29(20(5)30)24-7-6-22(13-25(24)28)23-12-18(3)27(16-23)15-21-8-10-35(32,33)11-9-21/h6-7,12-13,16-17,19,21H,8-11,14-15H2,1-5H3/t19-/m0/s1. The third-order valence-electron chi connectivity index (χ3n) is 6.88. The molecule has 35 heavy (non-hydrogen) atoms. The van der Waals surface area contributed by atoms with Crippen LogP contribution in [0.3, 0.4) is 0 Å². The van der Waals surface area contributed by atoms with E-state index in [9.17, 15) is 18.0 Å². The molecule has 1 saturated heterocycles. The fraction of sp³-hybridized carbons (Fsp3) is 0.538. The lowest BCUT2D eigenvalue weighted by Gasteiger charge is -2.40. The van der Waals surface area contributed by atoms with Crippen molar-refractivity contribution in [3.05, 3.63) is 36.2 Å². The minimum atomic E-state index is -2.88. The summed E-state index contributed by atoms with van der Waals surface area (Å²) in [5.41, 5.74) is 4.40. The Hall–Kier alpha value is -2.81. The average Bonchev–Trinajstić information content (AvgIpc) is 3.13. The molecule has 1 aromatic heterocycles. The van der Waals surface area contributed by atoms with E-state index in [1.54, 1.807) is 9.80 Å². The van der Waals surface area contributed by atoms with E-state index in [4.69, 9.17) is 4.74 Å². The second-order valence-corrected chi connectivity index (χ2v) is 12.4. The van der Waals surface area contributed by atoms with Gasteiger partial charge >= 0.3 is 6.09 Å². The lowest BCUT2D eigenvalue weighted by atomic mass is 10.0. The minimum absolute atomic E-state index is 0.0696. The summed E-state index contributed by atoms with van der Waals surface area (Å²) in [6, 6.07) is 7.76. The van der Waals surface area contributed by atoms with Gasteiger partial charge in [-0.3, -0.25) is 9.69 Å². The average molecular weight is 502 g/mol. The van der Waals surface area contributed by atoms with Gasteiger partial charge in [-0.15, -0.1) is 0 Å². The quantitative estimate of drug-likeness (QED) is 0.620. The summed E-state index contributed by atoms with van der Waals surface area (Å²) in [4.78, 5) is 28.7. The van der Waals surface area contributed by atoms with Crippen molar-refractivity contribution in [1.82, 2.24) is 4.57 Å². The molecule has 1 fully saturated rings. The van der Waals surface area contributed by atoms with Gasteiger partial charge in [-0.05, 0) is 75.8 Å². The maximum atomic E-state index is 12.9. The Morgan fingerprint density at radius 2 is 1.77 bits per heavy atom. The third kappa shape index (κ3) is 5.39. The van der Waals surface area contributed by atoms with Crippen LogP contribution in [0.4, 0.5) is 16.2 Å². The molecule has 0 bridgehead atoms. The molecule has 2 aliphatic rings. The molecule has 9 heteroatoms. The first-order chi connectivity index (χ1) is 16.4. The molecule has 2 amide bonds. The number of aromatic nitrogens is 1. The summed E-state index contributed by atoms with van der Waals surface area (Å²) in [7, 11) is -2.88. The van der Waals surface area contributed by atoms with E-state index in [1.807, 2.05) is 45.9 Å². The molecule has 0 N–H and O–H groups in total. The minimum Gasteiger partial charge on any atom is -0.446 e. The van der Waals surface area contributed by atoms with E-state index in [2.05, 4.69) is 16.8 Å². The molecular formula is C26H35N3O5S. The number of aryl methyl sites for hydroxylation is 1. The van der Waals surface area contributed by atoms with E-state index in [0.29, 0.717) is 36.7 Å². The molecule has 0 aliphatic carbocycles. The number of nitrogens with zero attached hydrogens (tertiary/aromatic N) is 3. The van der Waals surface area contributed by atoms with Gasteiger partial charge in [0, 0.05) is 31.9 Å². The highest BCUT2D eigenvalue weighted by atomic mass is 32.2. The zero-order valence-corrected chi connectivity index (χ0v) is 22.0. The Balaban J connectivity index is 1.65. The number of amides is 2. The van der Waals surface area contributed by atoms with Crippen LogP contribution in [0.5, 0.6) is 0 Å². The van der Waals surface area contributed by atoms with Crippen LogP contribution in [-0.4, -0.2) is 55.2 Å². The number of anilines is 2. The van der Waals surface area contributed by atoms with E-state index in [-0.39, 0.29) is 29.6 Å². The normalized spacial score (nSPS) is 20.1. The predicted octanol–water partition coefficient (Wildman–Crippen LogP) is 4.39. The van der Waals surface area contributed by atoms with Crippen molar-refractivity contribution in [3.8, 4) is 11.1 Å². The first-order valence-electron chi connectivity index (χ1n) is 12.2. The molecule has 1 atom stereocenters. The molecular weight excluding hydrogens is 466 g/mol. The lowest BCUT2D eigenvalue weighted by Crippen LogP contribution is -2.51. The number of hydrogen-bond acceptors (Lipinski definition) is 5. The molecule has 0 radical (unpaired) electrons. The molecule has 4 rings (SSSR count). The summed E-state index contributed by atoms with van der Waals surface area (Å²) in [6.45, 7) is 10.3. The highest BCUT2D eigenvalue weighted by Crippen LogP contribution is 2.39. The van der Waals surface area contributed by atoms with Gasteiger partial charge in [0.1, 0.15) is 9.84 Å². The number of carbonyl (C=O) groups excluding carboxylic acids is 2. The van der Waals surface area contributed by atoms with Crippen LogP contribution >= 0.6 is 0 Å². The number of hydrogen-bond donors (Lipinski definition) is 0. The number of rotatable bonds is 4. The monoisotopic (exact) mass is 501 g/mol. The zero-order chi connectivity index (χ0) is 25.5. The molecule has 8 nitrogen and oxygen atoms in total. The Morgan fingerprint density at radius 3 is 2.40 bits per heavy atom. The summed E-state index contributed by atoms with van der Waals surface area (Å²) in [5, 5.41) is 0. The second kappa shape index (κ2) is 9.68. The van der Waals surface area contributed by atoms with Crippen molar-refractivity contribution in [2.45, 2.75) is 66.2 Å². The van der Waals surface area contributed by atoms with Crippen LogP contribution in [0.15, 0.2) is 30.5 Å². The molecule has 0 saturated carbocycles. The van der Waals surface area contributed by atoms with Crippen molar-refractivity contribution in [2.75, 3.05) is 27.9 Å². The Morgan fingerprint density at radius 1 is 1.09 bits per heavy atom. The number of benzene rings is 1. The third-order valence-corrected chi connectivity index (χ3v) is 8.60.